The molecule has 7 heteroatoms. The van der Waals surface area contributed by atoms with Gasteiger partial charge in [0.2, 0.25) is 5.91 Å². The van der Waals surface area contributed by atoms with Gasteiger partial charge < -0.3 is 16.4 Å². The van der Waals surface area contributed by atoms with Crippen molar-refractivity contribution in [2.45, 2.75) is 50.6 Å². The zero-order chi connectivity index (χ0) is 14.8. The van der Waals surface area contributed by atoms with Crippen LogP contribution >= 0.6 is 0 Å². The van der Waals surface area contributed by atoms with Gasteiger partial charge in [-0.15, -0.1) is 0 Å². The number of amides is 4. The molecule has 1 heterocycles. The summed E-state index contributed by atoms with van der Waals surface area (Å²) in [4.78, 5) is 37.2. The van der Waals surface area contributed by atoms with Gasteiger partial charge in [-0.2, -0.15) is 0 Å². The van der Waals surface area contributed by atoms with Gasteiger partial charge in [-0.05, 0) is 19.8 Å². The van der Waals surface area contributed by atoms with E-state index in [4.69, 9.17) is 5.73 Å². The number of urea groups is 1. The summed E-state index contributed by atoms with van der Waals surface area (Å²) in [5, 5.41) is 5.43. The molecule has 2 fully saturated rings. The van der Waals surface area contributed by atoms with Crippen LogP contribution in [0.1, 0.15) is 39.0 Å². The van der Waals surface area contributed by atoms with Crippen LogP contribution in [0.25, 0.3) is 0 Å². The Bertz CT molecular complexity index is 418. The summed E-state index contributed by atoms with van der Waals surface area (Å²) in [6.07, 6.45) is 4.26. The Morgan fingerprint density at radius 2 is 2.05 bits per heavy atom. The first kappa shape index (κ1) is 14.8. The number of nitrogens with two attached hydrogens (primary N) is 1. The Labute approximate surface area is 118 Å². The van der Waals surface area contributed by atoms with Gasteiger partial charge in [0.1, 0.15) is 12.1 Å². The van der Waals surface area contributed by atoms with Crippen molar-refractivity contribution in [3.63, 3.8) is 0 Å². The van der Waals surface area contributed by atoms with Gasteiger partial charge in [-0.3, -0.25) is 14.5 Å². The fourth-order valence-electron chi connectivity index (χ4n) is 2.84. The molecule has 1 spiro atoms. The number of nitrogens with one attached hydrogen (secondary N) is 2. The maximum absolute atomic E-state index is 12.4. The molecule has 2 rings (SSSR count). The molecule has 0 unspecified atom stereocenters. The SMILES string of the molecule is C[C@@H](CN)NC(=O)CN1C(=O)NC2(CCCCC2)C1=O. The average Bonchev–Trinajstić information content (AvgIpc) is 2.64. The number of imide groups is 1. The molecule has 0 radical (unpaired) electrons. The summed E-state index contributed by atoms with van der Waals surface area (Å²) in [5.41, 5.74) is 4.65. The van der Waals surface area contributed by atoms with Crippen LogP contribution in [0.4, 0.5) is 4.79 Å². The monoisotopic (exact) mass is 282 g/mol. The maximum atomic E-state index is 12.4. The summed E-state index contributed by atoms with van der Waals surface area (Å²) in [5.74, 6) is -0.628. The fourth-order valence-corrected chi connectivity index (χ4v) is 2.84. The van der Waals surface area contributed by atoms with Crippen molar-refractivity contribution in [2.75, 3.05) is 13.1 Å². The summed E-state index contributed by atoms with van der Waals surface area (Å²) in [6, 6.07) is -0.639. The summed E-state index contributed by atoms with van der Waals surface area (Å²) >= 11 is 0. The van der Waals surface area contributed by atoms with Gasteiger partial charge in [0.05, 0.1) is 0 Å². The molecular formula is C13H22N4O3. The van der Waals surface area contributed by atoms with Crippen LogP contribution < -0.4 is 16.4 Å². The highest BCUT2D eigenvalue weighted by Gasteiger charge is 2.51. The molecule has 0 bridgehead atoms. The van der Waals surface area contributed by atoms with Crippen LogP contribution in [-0.2, 0) is 9.59 Å². The Kier molecular flexibility index (Phi) is 4.27. The van der Waals surface area contributed by atoms with Gasteiger partial charge in [-0.25, -0.2) is 4.79 Å². The summed E-state index contributed by atoms with van der Waals surface area (Å²) in [7, 11) is 0. The van der Waals surface area contributed by atoms with E-state index in [-0.39, 0.29) is 24.4 Å². The van der Waals surface area contributed by atoms with Crippen LogP contribution in [0.2, 0.25) is 0 Å². The fraction of sp³-hybridized carbons (Fsp3) is 0.769. The number of hydrogen-bond acceptors (Lipinski definition) is 4. The van der Waals surface area contributed by atoms with Crippen LogP contribution in [-0.4, -0.2) is 47.4 Å². The lowest BCUT2D eigenvalue weighted by atomic mass is 9.82. The molecule has 4 amide bonds. The summed E-state index contributed by atoms with van der Waals surface area (Å²) < 4.78 is 0. The van der Waals surface area contributed by atoms with Gasteiger partial charge >= 0.3 is 6.03 Å². The van der Waals surface area contributed by atoms with Crippen molar-refractivity contribution in [2.24, 2.45) is 5.73 Å². The quantitative estimate of drug-likeness (QED) is 0.616. The zero-order valence-electron chi connectivity index (χ0n) is 11.8. The number of carbonyl (C=O) groups excluding carboxylic acids is 3. The second-order valence-electron chi connectivity index (χ2n) is 5.67. The van der Waals surface area contributed by atoms with E-state index < -0.39 is 11.6 Å². The van der Waals surface area contributed by atoms with Crippen LogP contribution in [0.15, 0.2) is 0 Å². The van der Waals surface area contributed by atoms with Crippen LogP contribution in [0, 0.1) is 0 Å². The minimum absolute atomic E-state index is 0.174. The van der Waals surface area contributed by atoms with Crippen molar-refractivity contribution in [3.8, 4) is 0 Å². The van der Waals surface area contributed by atoms with Crippen molar-refractivity contribution in [3.05, 3.63) is 0 Å². The number of hydrogen-bond donors (Lipinski definition) is 3. The number of rotatable bonds is 4. The lowest BCUT2D eigenvalue weighted by Crippen LogP contribution is -2.49. The third-order valence-electron chi connectivity index (χ3n) is 4.02. The molecule has 7 nitrogen and oxygen atoms in total. The van der Waals surface area contributed by atoms with Gasteiger partial charge in [0, 0.05) is 12.6 Å². The molecule has 1 saturated heterocycles. The van der Waals surface area contributed by atoms with E-state index >= 15 is 0 Å². The highest BCUT2D eigenvalue weighted by atomic mass is 16.2. The van der Waals surface area contributed by atoms with E-state index in [9.17, 15) is 14.4 Å². The van der Waals surface area contributed by atoms with E-state index in [1.165, 1.54) is 0 Å². The molecule has 112 valence electrons. The van der Waals surface area contributed by atoms with Crippen molar-refractivity contribution < 1.29 is 14.4 Å². The third kappa shape index (κ3) is 2.77. The molecule has 4 N–H and O–H groups in total. The van der Waals surface area contributed by atoms with Crippen molar-refractivity contribution >= 4 is 17.8 Å². The molecule has 1 aliphatic heterocycles. The first-order chi connectivity index (χ1) is 9.48. The van der Waals surface area contributed by atoms with E-state index in [0.29, 0.717) is 19.4 Å². The molecule has 0 aromatic rings. The molecule has 0 aromatic heterocycles. The largest absolute Gasteiger partial charge is 0.351 e. The number of carbonyl (C=O) groups is 3. The third-order valence-corrected chi connectivity index (χ3v) is 4.02. The molecule has 20 heavy (non-hydrogen) atoms. The van der Waals surface area contributed by atoms with Gasteiger partial charge in [0.15, 0.2) is 0 Å². The highest BCUT2D eigenvalue weighted by molar-refractivity contribution is 6.09. The smallest absolute Gasteiger partial charge is 0.325 e. The van der Waals surface area contributed by atoms with E-state index in [1.54, 1.807) is 6.92 Å². The first-order valence-electron chi connectivity index (χ1n) is 7.12. The zero-order valence-corrected chi connectivity index (χ0v) is 11.8. The molecule has 1 saturated carbocycles. The Hall–Kier alpha value is -1.63. The van der Waals surface area contributed by atoms with Crippen molar-refractivity contribution in [1.29, 1.82) is 0 Å². The van der Waals surface area contributed by atoms with Gasteiger partial charge in [-0.1, -0.05) is 19.3 Å². The second kappa shape index (κ2) is 5.78. The highest BCUT2D eigenvalue weighted by Crippen LogP contribution is 2.33. The normalized spacial score (nSPS) is 22.8. The standard InChI is InChI=1S/C13H22N4O3/c1-9(7-14)15-10(18)8-17-11(19)13(16-12(17)20)5-3-2-4-6-13/h9H,2-8,14H2,1H3,(H,15,18)(H,16,20)/t9-/m0/s1. The average molecular weight is 282 g/mol. The topological polar surface area (TPSA) is 105 Å². The first-order valence-corrected chi connectivity index (χ1v) is 7.12. The van der Waals surface area contributed by atoms with Crippen LogP contribution in [0.5, 0.6) is 0 Å². The molecular weight excluding hydrogens is 260 g/mol. The Balaban J connectivity index is 2.00. The summed E-state index contributed by atoms with van der Waals surface area (Å²) in [6.45, 7) is 1.85. The molecule has 1 aliphatic carbocycles. The second-order valence-corrected chi connectivity index (χ2v) is 5.67. The lowest BCUT2D eigenvalue weighted by Gasteiger charge is -2.30. The predicted octanol–water partition coefficient (Wildman–Crippen LogP) is -0.295. The van der Waals surface area contributed by atoms with Crippen molar-refractivity contribution in [1.82, 2.24) is 15.5 Å². The minimum Gasteiger partial charge on any atom is -0.351 e. The molecule has 2 aliphatic rings. The molecule has 0 aromatic carbocycles. The molecule has 1 atom stereocenters. The predicted molar refractivity (Wildman–Crippen MR) is 72.7 cm³/mol. The lowest BCUT2D eigenvalue weighted by molar-refractivity contribution is -0.136. The van der Waals surface area contributed by atoms with E-state index in [1.807, 2.05) is 0 Å². The van der Waals surface area contributed by atoms with E-state index in [0.717, 1.165) is 24.2 Å². The van der Waals surface area contributed by atoms with Crippen LogP contribution in [0.3, 0.4) is 0 Å². The number of nitrogens with zero attached hydrogens (tertiary/aromatic N) is 1. The van der Waals surface area contributed by atoms with E-state index in [2.05, 4.69) is 10.6 Å². The Morgan fingerprint density at radius 1 is 1.40 bits per heavy atom. The minimum atomic E-state index is -0.769. The Morgan fingerprint density at radius 3 is 2.65 bits per heavy atom. The maximum Gasteiger partial charge on any atom is 0.325 e. The van der Waals surface area contributed by atoms with Gasteiger partial charge in [0.25, 0.3) is 5.91 Å².